The number of benzene rings is 1. The fraction of sp³-hybridized carbons (Fsp3) is 0.222. The third-order valence-electron chi connectivity index (χ3n) is 4.47. The van der Waals surface area contributed by atoms with E-state index in [0.29, 0.717) is 28.1 Å². The van der Waals surface area contributed by atoms with Crippen molar-refractivity contribution in [3.05, 3.63) is 62.8 Å². The second kappa shape index (κ2) is 6.00. The van der Waals surface area contributed by atoms with Gasteiger partial charge in [0, 0.05) is 34.8 Å². The van der Waals surface area contributed by atoms with Gasteiger partial charge in [0.25, 0.3) is 0 Å². The predicted octanol–water partition coefficient (Wildman–Crippen LogP) is 5.18. The average Bonchev–Trinajstić information content (AvgIpc) is 3.31. The van der Waals surface area contributed by atoms with Crippen molar-refractivity contribution in [2.24, 2.45) is 0 Å². The summed E-state index contributed by atoms with van der Waals surface area (Å²) in [5, 5.41) is 9.83. The zero-order chi connectivity index (χ0) is 17.7. The van der Waals surface area contributed by atoms with Gasteiger partial charge in [-0.25, -0.2) is 14.2 Å². The zero-order valence-corrected chi connectivity index (χ0v) is 14.5. The fourth-order valence-corrected chi connectivity index (χ4v) is 3.56. The van der Waals surface area contributed by atoms with Gasteiger partial charge in [-0.2, -0.15) is 0 Å². The molecule has 1 fully saturated rings. The molecule has 0 atom stereocenters. The Morgan fingerprint density at radius 3 is 2.76 bits per heavy atom. The standard InChI is InChI=1S/C18H13Cl2FN2O2/c19-16-12(17(20)22-7-13(16)18(24)25)6-10-5-11-14(21)3-9(8-1-2-8)4-15(11)23-10/h3-5,7-8,23H,1-2,6H2,(H,24,25). The minimum absolute atomic E-state index is 0.0466. The highest BCUT2D eigenvalue weighted by Crippen LogP contribution is 2.41. The third kappa shape index (κ3) is 2.98. The van der Waals surface area contributed by atoms with Crippen LogP contribution in [0, 0.1) is 5.82 Å². The van der Waals surface area contributed by atoms with E-state index < -0.39 is 5.97 Å². The second-order valence-electron chi connectivity index (χ2n) is 6.27. The molecule has 25 heavy (non-hydrogen) atoms. The number of nitrogens with zero attached hydrogens (tertiary/aromatic N) is 1. The molecule has 0 unspecified atom stereocenters. The number of hydrogen-bond donors (Lipinski definition) is 2. The normalized spacial score (nSPS) is 14.2. The van der Waals surface area contributed by atoms with Crippen LogP contribution in [0.3, 0.4) is 0 Å². The van der Waals surface area contributed by atoms with Gasteiger partial charge in [-0.15, -0.1) is 0 Å². The summed E-state index contributed by atoms with van der Waals surface area (Å²) >= 11 is 12.3. The topological polar surface area (TPSA) is 66.0 Å². The van der Waals surface area contributed by atoms with Gasteiger partial charge in [0.05, 0.1) is 10.6 Å². The van der Waals surface area contributed by atoms with E-state index in [-0.39, 0.29) is 28.0 Å². The summed E-state index contributed by atoms with van der Waals surface area (Å²) < 4.78 is 14.4. The molecule has 2 heterocycles. The van der Waals surface area contributed by atoms with Gasteiger partial charge in [0.2, 0.25) is 0 Å². The van der Waals surface area contributed by atoms with E-state index in [1.807, 2.05) is 6.07 Å². The number of nitrogens with one attached hydrogen (secondary N) is 1. The number of pyridine rings is 1. The first-order valence-corrected chi connectivity index (χ1v) is 8.57. The molecule has 0 saturated heterocycles. The van der Waals surface area contributed by atoms with Gasteiger partial charge in [0.1, 0.15) is 11.0 Å². The molecule has 0 amide bonds. The molecule has 0 radical (unpaired) electrons. The Morgan fingerprint density at radius 2 is 2.08 bits per heavy atom. The molecule has 0 spiro atoms. The lowest BCUT2D eigenvalue weighted by atomic mass is 10.1. The molecule has 2 aromatic heterocycles. The van der Waals surface area contributed by atoms with Crippen molar-refractivity contribution in [2.45, 2.75) is 25.2 Å². The van der Waals surface area contributed by atoms with Gasteiger partial charge in [-0.3, -0.25) is 0 Å². The number of carboxylic acids is 1. The zero-order valence-electron chi connectivity index (χ0n) is 12.9. The quantitative estimate of drug-likeness (QED) is 0.615. The lowest BCUT2D eigenvalue weighted by Gasteiger charge is -2.07. The second-order valence-corrected chi connectivity index (χ2v) is 7.01. The smallest absolute Gasteiger partial charge is 0.338 e. The summed E-state index contributed by atoms with van der Waals surface area (Å²) in [5.74, 6) is -0.991. The minimum Gasteiger partial charge on any atom is -0.478 e. The highest BCUT2D eigenvalue weighted by Gasteiger charge is 2.25. The molecular formula is C18H13Cl2FN2O2. The van der Waals surface area contributed by atoms with Crippen molar-refractivity contribution in [2.75, 3.05) is 0 Å². The maximum Gasteiger partial charge on any atom is 0.338 e. The number of fused-ring (bicyclic) bond motifs is 1. The Balaban J connectivity index is 1.75. The number of halogens is 3. The largest absolute Gasteiger partial charge is 0.478 e. The van der Waals surface area contributed by atoms with E-state index in [1.54, 1.807) is 12.1 Å². The van der Waals surface area contributed by atoms with Crippen LogP contribution >= 0.6 is 23.2 Å². The molecule has 0 aliphatic heterocycles. The van der Waals surface area contributed by atoms with Gasteiger partial charge in [-0.05, 0) is 42.5 Å². The molecule has 3 aromatic rings. The lowest BCUT2D eigenvalue weighted by molar-refractivity contribution is 0.0696. The summed E-state index contributed by atoms with van der Waals surface area (Å²) in [6.45, 7) is 0. The van der Waals surface area contributed by atoms with Gasteiger partial charge in [-0.1, -0.05) is 23.2 Å². The fourth-order valence-electron chi connectivity index (χ4n) is 3.02. The summed E-state index contributed by atoms with van der Waals surface area (Å²) in [5.41, 5.74) is 2.70. The van der Waals surface area contributed by atoms with Crippen molar-refractivity contribution in [1.82, 2.24) is 9.97 Å². The highest BCUT2D eigenvalue weighted by atomic mass is 35.5. The first-order valence-electron chi connectivity index (χ1n) is 7.81. The first kappa shape index (κ1) is 16.4. The molecule has 128 valence electrons. The summed E-state index contributed by atoms with van der Waals surface area (Å²) in [4.78, 5) is 18.3. The summed E-state index contributed by atoms with van der Waals surface area (Å²) in [7, 11) is 0. The number of carbonyl (C=O) groups is 1. The predicted molar refractivity (Wildman–Crippen MR) is 94.3 cm³/mol. The van der Waals surface area contributed by atoms with Crippen molar-refractivity contribution in [3.63, 3.8) is 0 Å². The number of carboxylic acid groups (broad SMARTS) is 1. The number of rotatable bonds is 4. The highest BCUT2D eigenvalue weighted by molar-refractivity contribution is 6.37. The molecule has 1 aliphatic rings. The Kier molecular flexibility index (Phi) is 3.93. The third-order valence-corrected chi connectivity index (χ3v) is 5.23. The monoisotopic (exact) mass is 378 g/mol. The van der Waals surface area contributed by atoms with Crippen LogP contribution in [0.25, 0.3) is 10.9 Å². The van der Waals surface area contributed by atoms with Crippen LogP contribution in [0.4, 0.5) is 4.39 Å². The summed E-state index contributed by atoms with van der Waals surface area (Å²) in [6, 6.07) is 5.25. The number of hydrogen-bond acceptors (Lipinski definition) is 2. The van der Waals surface area contributed by atoms with E-state index in [0.717, 1.165) is 24.6 Å². The maximum atomic E-state index is 14.4. The van der Waals surface area contributed by atoms with Crippen molar-refractivity contribution in [3.8, 4) is 0 Å². The minimum atomic E-state index is -1.17. The van der Waals surface area contributed by atoms with Gasteiger partial charge < -0.3 is 10.1 Å². The SMILES string of the molecule is O=C(O)c1cnc(Cl)c(Cc2cc3c(F)cc(C4CC4)cc3[nH]2)c1Cl. The van der Waals surface area contributed by atoms with Crippen LogP contribution in [-0.4, -0.2) is 21.0 Å². The Labute approximate surface area is 152 Å². The molecule has 1 aromatic carbocycles. The molecule has 1 saturated carbocycles. The summed E-state index contributed by atoms with van der Waals surface area (Å²) in [6.07, 6.45) is 3.55. The number of aromatic amines is 1. The van der Waals surface area contributed by atoms with E-state index >= 15 is 0 Å². The molecule has 2 N–H and O–H groups in total. The van der Waals surface area contributed by atoms with Gasteiger partial charge in [0.15, 0.2) is 0 Å². The Hall–Kier alpha value is -2.11. The van der Waals surface area contributed by atoms with E-state index in [1.165, 1.54) is 0 Å². The van der Waals surface area contributed by atoms with E-state index in [4.69, 9.17) is 28.3 Å². The molecule has 0 bridgehead atoms. The average molecular weight is 379 g/mol. The molecular weight excluding hydrogens is 366 g/mol. The van der Waals surface area contributed by atoms with Crippen LogP contribution in [-0.2, 0) is 6.42 Å². The molecule has 1 aliphatic carbocycles. The maximum absolute atomic E-state index is 14.4. The number of aromatic carboxylic acids is 1. The van der Waals surface area contributed by atoms with Gasteiger partial charge >= 0.3 is 5.97 Å². The lowest BCUT2D eigenvalue weighted by Crippen LogP contribution is -2.03. The van der Waals surface area contributed by atoms with Crippen molar-refractivity contribution in [1.29, 1.82) is 0 Å². The molecule has 4 nitrogen and oxygen atoms in total. The Morgan fingerprint density at radius 1 is 1.32 bits per heavy atom. The number of aromatic nitrogens is 2. The van der Waals surface area contributed by atoms with Crippen LogP contribution in [0.5, 0.6) is 0 Å². The molecule has 4 rings (SSSR count). The van der Waals surface area contributed by atoms with Crippen LogP contribution in [0.1, 0.15) is 45.9 Å². The first-order chi connectivity index (χ1) is 11.9. The van der Waals surface area contributed by atoms with Crippen LogP contribution in [0.2, 0.25) is 10.2 Å². The van der Waals surface area contributed by atoms with Crippen molar-refractivity contribution >= 4 is 40.1 Å². The van der Waals surface area contributed by atoms with E-state index in [2.05, 4.69) is 9.97 Å². The Bertz CT molecular complexity index is 1010. The van der Waals surface area contributed by atoms with E-state index in [9.17, 15) is 9.18 Å². The van der Waals surface area contributed by atoms with Crippen LogP contribution < -0.4 is 0 Å². The van der Waals surface area contributed by atoms with Crippen LogP contribution in [0.15, 0.2) is 24.4 Å². The molecule has 7 heteroatoms. The van der Waals surface area contributed by atoms with Crippen molar-refractivity contribution < 1.29 is 14.3 Å². The number of H-pyrrole nitrogens is 1.